The van der Waals surface area contributed by atoms with Gasteiger partial charge in [0.2, 0.25) is 0 Å². The van der Waals surface area contributed by atoms with Crippen LogP contribution in [0, 0.1) is 5.82 Å². The molecule has 2 aromatic heterocycles. The van der Waals surface area contributed by atoms with Gasteiger partial charge in [-0.2, -0.15) is 0 Å². The molecule has 6 heteroatoms. The average molecular weight is 393 g/mol. The lowest BCUT2D eigenvalue weighted by Gasteiger charge is -2.36. The zero-order valence-corrected chi connectivity index (χ0v) is 16.2. The van der Waals surface area contributed by atoms with Gasteiger partial charge in [0.25, 0.3) is 0 Å². The highest BCUT2D eigenvalue weighted by molar-refractivity contribution is 7.16. The molecule has 0 saturated carbocycles. The van der Waals surface area contributed by atoms with Crippen LogP contribution < -0.4 is 4.90 Å². The molecule has 1 aliphatic heterocycles. The molecular weight excluding hydrogens is 373 g/mol. The van der Waals surface area contributed by atoms with Gasteiger partial charge in [0.05, 0.1) is 33.5 Å². The number of thiazole rings is 1. The average Bonchev–Trinajstić information content (AvgIpc) is 3.20. The van der Waals surface area contributed by atoms with Crippen molar-refractivity contribution in [3.8, 4) is 0 Å². The summed E-state index contributed by atoms with van der Waals surface area (Å²) in [6, 6.07) is 15.6. The van der Waals surface area contributed by atoms with Crippen molar-refractivity contribution in [2.45, 2.75) is 25.4 Å². The molecule has 0 unspecified atom stereocenters. The number of rotatable bonds is 4. The van der Waals surface area contributed by atoms with Crippen LogP contribution in [-0.2, 0) is 11.3 Å². The van der Waals surface area contributed by atoms with E-state index in [-0.39, 0.29) is 5.82 Å². The van der Waals surface area contributed by atoms with Crippen LogP contribution in [-0.4, -0.2) is 29.2 Å². The molecule has 1 fully saturated rings. The number of halogens is 1. The van der Waals surface area contributed by atoms with E-state index in [4.69, 9.17) is 9.72 Å². The minimum Gasteiger partial charge on any atom is -0.381 e. The van der Waals surface area contributed by atoms with Gasteiger partial charge < -0.3 is 9.64 Å². The van der Waals surface area contributed by atoms with Crippen molar-refractivity contribution in [3.05, 3.63) is 65.6 Å². The molecule has 0 bridgehead atoms. The van der Waals surface area contributed by atoms with E-state index in [2.05, 4.69) is 28.1 Å². The SMILES string of the molecule is Fc1ccc2nc(CN(c3ccc4ncsc4c3)C3CCOCC3)ccc2c1. The van der Waals surface area contributed by atoms with E-state index in [1.165, 1.54) is 22.5 Å². The Kier molecular flexibility index (Phi) is 4.66. The number of benzene rings is 2. The maximum absolute atomic E-state index is 13.5. The molecule has 142 valence electrons. The van der Waals surface area contributed by atoms with Gasteiger partial charge in [0.1, 0.15) is 5.82 Å². The monoisotopic (exact) mass is 393 g/mol. The first kappa shape index (κ1) is 17.5. The first-order valence-electron chi connectivity index (χ1n) is 9.49. The summed E-state index contributed by atoms with van der Waals surface area (Å²) in [4.78, 5) is 11.6. The number of nitrogens with zero attached hydrogens (tertiary/aromatic N) is 3. The summed E-state index contributed by atoms with van der Waals surface area (Å²) in [5.74, 6) is -0.233. The number of hydrogen-bond acceptors (Lipinski definition) is 5. The van der Waals surface area contributed by atoms with Crippen LogP contribution in [0.15, 0.2) is 54.0 Å². The van der Waals surface area contributed by atoms with Crippen molar-refractivity contribution in [1.82, 2.24) is 9.97 Å². The number of ether oxygens (including phenoxy) is 1. The molecule has 5 rings (SSSR count). The van der Waals surface area contributed by atoms with Crippen molar-refractivity contribution in [2.24, 2.45) is 0 Å². The molecule has 0 radical (unpaired) electrons. The Morgan fingerprint density at radius 1 is 1.04 bits per heavy atom. The van der Waals surface area contributed by atoms with Gasteiger partial charge in [-0.25, -0.2) is 9.37 Å². The van der Waals surface area contributed by atoms with E-state index in [0.29, 0.717) is 12.6 Å². The van der Waals surface area contributed by atoms with Crippen LogP contribution in [0.5, 0.6) is 0 Å². The van der Waals surface area contributed by atoms with Crippen LogP contribution in [0.2, 0.25) is 0 Å². The second kappa shape index (κ2) is 7.45. The predicted molar refractivity (Wildman–Crippen MR) is 111 cm³/mol. The quantitative estimate of drug-likeness (QED) is 0.479. The van der Waals surface area contributed by atoms with Gasteiger partial charge >= 0.3 is 0 Å². The third kappa shape index (κ3) is 3.45. The van der Waals surface area contributed by atoms with Crippen molar-refractivity contribution in [1.29, 1.82) is 0 Å². The third-order valence-corrected chi connectivity index (χ3v) is 6.11. The smallest absolute Gasteiger partial charge is 0.123 e. The molecule has 3 heterocycles. The van der Waals surface area contributed by atoms with E-state index in [9.17, 15) is 4.39 Å². The van der Waals surface area contributed by atoms with Crippen LogP contribution in [0.3, 0.4) is 0 Å². The van der Waals surface area contributed by atoms with Gasteiger partial charge in [0, 0.05) is 30.3 Å². The summed E-state index contributed by atoms with van der Waals surface area (Å²) < 4.78 is 20.2. The highest BCUT2D eigenvalue weighted by Gasteiger charge is 2.23. The van der Waals surface area contributed by atoms with E-state index in [1.807, 2.05) is 17.6 Å². The summed E-state index contributed by atoms with van der Waals surface area (Å²) in [6.45, 7) is 2.28. The molecule has 2 aromatic carbocycles. The van der Waals surface area contributed by atoms with Crippen molar-refractivity contribution >= 4 is 38.1 Å². The van der Waals surface area contributed by atoms with Gasteiger partial charge in [-0.1, -0.05) is 6.07 Å². The Balaban J connectivity index is 1.51. The van der Waals surface area contributed by atoms with E-state index >= 15 is 0 Å². The molecule has 0 atom stereocenters. The topological polar surface area (TPSA) is 38.2 Å². The molecule has 1 saturated heterocycles. The van der Waals surface area contributed by atoms with Crippen LogP contribution >= 0.6 is 11.3 Å². The molecule has 0 aliphatic carbocycles. The molecular formula is C22H20FN3OS. The van der Waals surface area contributed by atoms with Gasteiger partial charge in [-0.05, 0) is 55.3 Å². The summed E-state index contributed by atoms with van der Waals surface area (Å²) in [6.07, 6.45) is 2.00. The predicted octanol–water partition coefficient (Wildman–Crippen LogP) is 5.17. The third-order valence-electron chi connectivity index (χ3n) is 5.32. The number of fused-ring (bicyclic) bond motifs is 2. The van der Waals surface area contributed by atoms with Crippen LogP contribution in [0.4, 0.5) is 10.1 Å². The van der Waals surface area contributed by atoms with Crippen molar-refractivity contribution in [3.63, 3.8) is 0 Å². The van der Waals surface area contributed by atoms with E-state index in [0.717, 1.165) is 48.2 Å². The lowest BCUT2D eigenvalue weighted by atomic mass is 10.1. The summed E-state index contributed by atoms with van der Waals surface area (Å²) >= 11 is 1.66. The molecule has 4 nitrogen and oxygen atoms in total. The summed E-state index contributed by atoms with van der Waals surface area (Å²) in [5.41, 5.74) is 5.91. The number of hydrogen-bond donors (Lipinski definition) is 0. The largest absolute Gasteiger partial charge is 0.381 e. The Labute approximate surface area is 166 Å². The summed E-state index contributed by atoms with van der Waals surface area (Å²) in [5, 5.41) is 0.826. The maximum Gasteiger partial charge on any atom is 0.123 e. The second-order valence-electron chi connectivity index (χ2n) is 7.12. The van der Waals surface area contributed by atoms with E-state index < -0.39 is 0 Å². The molecule has 0 N–H and O–H groups in total. The molecule has 28 heavy (non-hydrogen) atoms. The fourth-order valence-electron chi connectivity index (χ4n) is 3.85. The van der Waals surface area contributed by atoms with Crippen LogP contribution in [0.25, 0.3) is 21.1 Å². The maximum atomic E-state index is 13.5. The number of anilines is 1. The van der Waals surface area contributed by atoms with Crippen molar-refractivity contribution in [2.75, 3.05) is 18.1 Å². The number of aromatic nitrogens is 2. The highest BCUT2D eigenvalue weighted by Crippen LogP contribution is 2.29. The second-order valence-corrected chi connectivity index (χ2v) is 8.00. The standard InChI is InChI=1S/C22H20FN3OS/c23-16-2-5-20-15(11-16)1-3-17(25-20)13-26(18-7-9-27-10-8-18)19-4-6-21-22(12-19)28-14-24-21/h1-6,11-12,14,18H,7-10,13H2. The molecule has 0 amide bonds. The fraction of sp³-hybridized carbons (Fsp3) is 0.273. The lowest BCUT2D eigenvalue weighted by Crippen LogP contribution is -2.39. The Morgan fingerprint density at radius 2 is 1.89 bits per heavy atom. The normalized spacial score (nSPS) is 15.3. The fourth-order valence-corrected chi connectivity index (χ4v) is 4.56. The van der Waals surface area contributed by atoms with Gasteiger partial charge in [-0.3, -0.25) is 4.98 Å². The molecule has 4 aromatic rings. The molecule has 1 aliphatic rings. The van der Waals surface area contributed by atoms with Crippen LogP contribution in [0.1, 0.15) is 18.5 Å². The first-order valence-corrected chi connectivity index (χ1v) is 10.4. The molecule has 0 spiro atoms. The highest BCUT2D eigenvalue weighted by atomic mass is 32.1. The Bertz CT molecular complexity index is 1120. The van der Waals surface area contributed by atoms with E-state index in [1.54, 1.807) is 17.4 Å². The Hall–Kier alpha value is -2.57. The Morgan fingerprint density at radius 3 is 2.79 bits per heavy atom. The zero-order chi connectivity index (χ0) is 18.9. The van der Waals surface area contributed by atoms with Gasteiger partial charge in [-0.15, -0.1) is 11.3 Å². The number of pyridine rings is 1. The van der Waals surface area contributed by atoms with Crippen molar-refractivity contribution < 1.29 is 9.13 Å². The zero-order valence-electron chi connectivity index (χ0n) is 15.3. The minimum absolute atomic E-state index is 0.233. The lowest BCUT2D eigenvalue weighted by molar-refractivity contribution is 0.0840. The van der Waals surface area contributed by atoms with Gasteiger partial charge in [0.15, 0.2) is 0 Å². The first-order chi connectivity index (χ1) is 13.8. The summed E-state index contributed by atoms with van der Waals surface area (Å²) in [7, 11) is 0. The minimum atomic E-state index is -0.233.